The standard InChI is InChI=1S/C13H15N3O2/c1-3-18-13(17)11(10-7-5-4-6-8-10)12-14-9(2)15-16-12/h4-8,11H,3H2,1-2H3,(H,14,15,16). The van der Waals surface area contributed by atoms with Crippen molar-refractivity contribution in [3.63, 3.8) is 0 Å². The Kier molecular flexibility index (Phi) is 3.72. The van der Waals surface area contributed by atoms with Gasteiger partial charge in [0.05, 0.1) is 6.61 Å². The molecule has 94 valence electrons. The average molecular weight is 245 g/mol. The van der Waals surface area contributed by atoms with Crippen LogP contribution in [0.5, 0.6) is 0 Å². The molecule has 0 aliphatic rings. The van der Waals surface area contributed by atoms with E-state index in [0.717, 1.165) is 5.56 Å². The van der Waals surface area contributed by atoms with Crippen LogP contribution in [0.15, 0.2) is 30.3 Å². The van der Waals surface area contributed by atoms with Gasteiger partial charge < -0.3 is 4.74 Å². The first-order valence-corrected chi connectivity index (χ1v) is 5.83. The summed E-state index contributed by atoms with van der Waals surface area (Å²) >= 11 is 0. The second kappa shape index (κ2) is 5.44. The third-order valence-electron chi connectivity index (χ3n) is 2.53. The van der Waals surface area contributed by atoms with Crippen LogP contribution in [0.3, 0.4) is 0 Å². The van der Waals surface area contributed by atoms with E-state index in [1.165, 1.54) is 0 Å². The highest BCUT2D eigenvalue weighted by atomic mass is 16.5. The molecular formula is C13H15N3O2. The maximum absolute atomic E-state index is 12.0. The van der Waals surface area contributed by atoms with Crippen molar-refractivity contribution >= 4 is 5.97 Å². The highest BCUT2D eigenvalue weighted by Gasteiger charge is 2.27. The summed E-state index contributed by atoms with van der Waals surface area (Å²) in [5.41, 5.74) is 0.829. The first-order valence-electron chi connectivity index (χ1n) is 5.83. The number of aryl methyl sites for hydroxylation is 1. The van der Waals surface area contributed by atoms with Crippen molar-refractivity contribution < 1.29 is 9.53 Å². The Bertz CT molecular complexity index is 522. The summed E-state index contributed by atoms with van der Waals surface area (Å²) in [6.45, 7) is 3.92. The molecule has 1 atom stereocenters. The highest BCUT2D eigenvalue weighted by Crippen LogP contribution is 2.23. The summed E-state index contributed by atoms with van der Waals surface area (Å²) in [6, 6.07) is 9.39. The Morgan fingerprint density at radius 3 is 2.67 bits per heavy atom. The number of aromatic nitrogens is 3. The lowest BCUT2D eigenvalue weighted by Gasteiger charge is -2.12. The van der Waals surface area contributed by atoms with Crippen molar-refractivity contribution in [1.82, 2.24) is 15.2 Å². The molecule has 1 aromatic carbocycles. The molecule has 0 saturated heterocycles. The molecule has 0 saturated carbocycles. The highest BCUT2D eigenvalue weighted by molar-refractivity contribution is 5.81. The molecule has 0 aliphatic heterocycles. The fourth-order valence-electron chi connectivity index (χ4n) is 1.75. The van der Waals surface area contributed by atoms with Gasteiger partial charge in [-0.3, -0.25) is 9.89 Å². The summed E-state index contributed by atoms with van der Waals surface area (Å²) in [7, 11) is 0. The molecule has 0 aliphatic carbocycles. The molecule has 5 heteroatoms. The van der Waals surface area contributed by atoms with Gasteiger partial charge in [-0.15, -0.1) is 0 Å². The molecule has 5 nitrogen and oxygen atoms in total. The smallest absolute Gasteiger partial charge is 0.321 e. The Balaban J connectivity index is 2.38. The van der Waals surface area contributed by atoms with Crippen molar-refractivity contribution in [3.8, 4) is 0 Å². The van der Waals surface area contributed by atoms with Gasteiger partial charge in [-0.25, -0.2) is 4.98 Å². The average Bonchev–Trinajstić information content (AvgIpc) is 2.78. The van der Waals surface area contributed by atoms with Crippen LogP contribution >= 0.6 is 0 Å². The van der Waals surface area contributed by atoms with Gasteiger partial charge in [0.15, 0.2) is 5.82 Å². The fraction of sp³-hybridized carbons (Fsp3) is 0.308. The van der Waals surface area contributed by atoms with Crippen molar-refractivity contribution in [2.24, 2.45) is 0 Å². The van der Waals surface area contributed by atoms with E-state index in [-0.39, 0.29) is 5.97 Å². The third-order valence-corrected chi connectivity index (χ3v) is 2.53. The quantitative estimate of drug-likeness (QED) is 0.834. The minimum absolute atomic E-state index is 0.331. The molecule has 18 heavy (non-hydrogen) atoms. The van der Waals surface area contributed by atoms with Gasteiger partial charge in [0, 0.05) is 0 Å². The molecule has 0 spiro atoms. The van der Waals surface area contributed by atoms with Gasteiger partial charge >= 0.3 is 5.97 Å². The number of ether oxygens (including phenoxy) is 1. The lowest BCUT2D eigenvalue weighted by Crippen LogP contribution is -2.18. The number of carbonyl (C=O) groups excluding carboxylic acids is 1. The van der Waals surface area contributed by atoms with Crippen molar-refractivity contribution in [1.29, 1.82) is 0 Å². The molecule has 1 heterocycles. The zero-order chi connectivity index (χ0) is 13.0. The molecule has 0 bridgehead atoms. The third kappa shape index (κ3) is 2.56. The lowest BCUT2D eigenvalue weighted by molar-refractivity contribution is -0.144. The van der Waals surface area contributed by atoms with Gasteiger partial charge in [0.1, 0.15) is 11.7 Å². The SMILES string of the molecule is CCOC(=O)C(c1ccccc1)c1n[nH]c(C)n1. The lowest BCUT2D eigenvalue weighted by atomic mass is 9.99. The van der Waals surface area contributed by atoms with Crippen LogP contribution < -0.4 is 0 Å². The van der Waals surface area contributed by atoms with Crippen molar-refractivity contribution in [2.45, 2.75) is 19.8 Å². The maximum Gasteiger partial charge on any atom is 0.321 e. The summed E-state index contributed by atoms with van der Waals surface area (Å²) in [5.74, 6) is 0.214. The van der Waals surface area contributed by atoms with Crippen LogP contribution in [-0.2, 0) is 9.53 Å². The number of esters is 1. The van der Waals surface area contributed by atoms with E-state index in [1.807, 2.05) is 30.3 Å². The number of hydrogen-bond donors (Lipinski definition) is 1. The zero-order valence-corrected chi connectivity index (χ0v) is 10.4. The van der Waals surface area contributed by atoms with E-state index in [9.17, 15) is 4.79 Å². The Hall–Kier alpha value is -2.17. The molecule has 1 N–H and O–H groups in total. The predicted molar refractivity (Wildman–Crippen MR) is 66.0 cm³/mol. The van der Waals surface area contributed by atoms with Crippen LogP contribution in [0, 0.1) is 6.92 Å². The topological polar surface area (TPSA) is 67.9 Å². The minimum atomic E-state index is -0.573. The number of H-pyrrole nitrogens is 1. The number of nitrogens with zero attached hydrogens (tertiary/aromatic N) is 2. The number of aromatic amines is 1. The van der Waals surface area contributed by atoms with Crippen LogP contribution in [0.4, 0.5) is 0 Å². The molecule has 0 fully saturated rings. The van der Waals surface area contributed by atoms with E-state index >= 15 is 0 Å². The van der Waals surface area contributed by atoms with Gasteiger partial charge in [0.2, 0.25) is 0 Å². The Morgan fingerprint density at radius 1 is 1.39 bits per heavy atom. The van der Waals surface area contributed by atoms with E-state index in [2.05, 4.69) is 15.2 Å². The Morgan fingerprint density at radius 2 is 2.11 bits per heavy atom. The minimum Gasteiger partial charge on any atom is -0.465 e. The second-order valence-electron chi connectivity index (χ2n) is 3.87. The van der Waals surface area contributed by atoms with E-state index in [4.69, 9.17) is 4.74 Å². The van der Waals surface area contributed by atoms with Gasteiger partial charge in [-0.2, -0.15) is 5.10 Å². The maximum atomic E-state index is 12.0. The van der Waals surface area contributed by atoms with Crippen LogP contribution in [0.1, 0.15) is 30.1 Å². The molecule has 0 radical (unpaired) electrons. The Labute approximate surface area is 105 Å². The summed E-state index contributed by atoms with van der Waals surface area (Å²) in [6.07, 6.45) is 0. The number of rotatable bonds is 4. The van der Waals surface area contributed by atoms with Crippen LogP contribution in [0.2, 0.25) is 0 Å². The number of carbonyl (C=O) groups is 1. The molecule has 0 amide bonds. The fourth-order valence-corrected chi connectivity index (χ4v) is 1.75. The summed E-state index contributed by atoms with van der Waals surface area (Å²) in [5, 5.41) is 6.81. The predicted octanol–water partition coefficient (Wildman–Crippen LogP) is 1.81. The van der Waals surface area contributed by atoms with Crippen LogP contribution in [0.25, 0.3) is 0 Å². The summed E-state index contributed by atoms with van der Waals surface area (Å²) in [4.78, 5) is 16.3. The first-order chi connectivity index (χ1) is 8.72. The van der Waals surface area contributed by atoms with E-state index in [0.29, 0.717) is 18.3 Å². The molecule has 2 rings (SSSR count). The number of nitrogens with one attached hydrogen (secondary N) is 1. The second-order valence-corrected chi connectivity index (χ2v) is 3.87. The molecule has 1 aromatic heterocycles. The normalized spacial score (nSPS) is 12.1. The van der Waals surface area contributed by atoms with E-state index in [1.54, 1.807) is 13.8 Å². The summed E-state index contributed by atoms with van der Waals surface area (Å²) < 4.78 is 5.09. The number of hydrogen-bond acceptors (Lipinski definition) is 4. The molecule has 2 aromatic rings. The largest absolute Gasteiger partial charge is 0.465 e. The molecule has 1 unspecified atom stereocenters. The van der Waals surface area contributed by atoms with Gasteiger partial charge in [-0.05, 0) is 19.4 Å². The van der Waals surface area contributed by atoms with Gasteiger partial charge in [-0.1, -0.05) is 30.3 Å². The van der Waals surface area contributed by atoms with Crippen molar-refractivity contribution in [3.05, 3.63) is 47.5 Å². The number of benzene rings is 1. The van der Waals surface area contributed by atoms with Gasteiger partial charge in [0.25, 0.3) is 0 Å². The zero-order valence-electron chi connectivity index (χ0n) is 10.4. The van der Waals surface area contributed by atoms with Crippen molar-refractivity contribution in [2.75, 3.05) is 6.61 Å². The van der Waals surface area contributed by atoms with Crippen LogP contribution in [-0.4, -0.2) is 27.8 Å². The first kappa shape index (κ1) is 12.3. The monoisotopic (exact) mass is 245 g/mol. The molecular weight excluding hydrogens is 230 g/mol. The van der Waals surface area contributed by atoms with E-state index < -0.39 is 5.92 Å².